The van der Waals surface area contributed by atoms with Gasteiger partial charge in [-0.3, -0.25) is 19.8 Å². The van der Waals surface area contributed by atoms with Gasteiger partial charge in [0.15, 0.2) is 12.1 Å². The molecule has 4 atom stereocenters. The zero-order valence-corrected chi connectivity index (χ0v) is 28.4. The summed E-state index contributed by atoms with van der Waals surface area (Å²) < 4.78 is 11.7. The minimum Gasteiger partial charge on any atom is -0.362 e. The third kappa shape index (κ3) is 9.08. The minimum absolute atomic E-state index is 0.0711. The van der Waals surface area contributed by atoms with Crippen molar-refractivity contribution in [2.24, 2.45) is 5.92 Å². The van der Waals surface area contributed by atoms with Gasteiger partial charge in [0.2, 0.25) is 5.91 Å². The molecule has 0 radical (unpaired) electrons. The van der Waals surface area contributed by atoms with Crippen molar-refractivity contribution in [3.05, 3.63) is 95.3 Å². The number of unbranched alkanes of at least 4 members (excludes halogenated alkanes) is 4. The number of ketones is 1. The lowest BCUT2D eigenvalue weighted by molar-refractivity contribution is -0.187. The highest BCUT2D eigenvalue weighted by molar-refractivity contribution is 6.00. The average molecular weight is 631 g/mol. The van der Waals surface area contributed by atoms with E-state index in [0.717, 1.165) is 48.3 Å². The maximum atomic E-state index is 13.9. The van der Waals surface area contributed by atoms with Crippen LogP contribution in [0.4, 0.5) is 0 Å². The molecule has 0 bridgehead atoms. The lowest BCUT2D eigenvalue weighted by atomic mass is 9.78. The van der Waals surface area contributed by atoms with Crippen molar-refractivity contribution in [3.8, 4) is 0 Å². The zero-order chi connectivity index (χ0) is 32.9. The van der Waals surface area contributed by atoms with Gasteiger partial charge in [-0.1, -0.05) is 106 Å². The Morgan fingerprint density at radius 1 is 0.913 bits per heavy atom. The van der Waals surface area contributed by atoms with Crippen LogP contribution in [0.3, 0.4) is 0 Å². The minimum atomic E-state index is -0.765. The Morgan fingerprint density at radius 2 is 1.57 bits per heavy atom. The molecule has 1 saturated heterocycles. The molecule has 2 N–H and O–H groups in total. The van der Waals surface area contributed by atoms with Gasteiger partial charge in [-0.25, -0.2) is 0 Å². The fourth-order valence-electron chi connectivity index (χ4n) is 6.48. The second-order valence-corrected chi connectivity index (χ2v) is 12.5. The second-order valence-electron chi connectivity index (χ2n) is 12.5. The van der Waals surface area contributed by atoms with Gasteiger partial charge in [0.25, 0.3) is 0 Å². The normalized spacial score (nSPS) is 19.4. The Bertz CT molecular complexity index is 1260. The molecule has 2 aromatic rings. The Hall–Kier alpha value is -3.46. The van der Waals surface area contributed by atoms with Gasteiger partial charge in [-0.05, 0) is 48.5 Å². The summed E-state index contributed by atoms with van der Waals surface area (Å²) >= 11 is 0. The number of ether oxygens (including phenoxy) is 2. The van der Waals surface area contributed by atoms with Gasteiger partial charge in [-0.2, -0.15) is 0 Å². The lowest BCUT2D eigenvalue weighted by Crippen LogP contribution is -2.70. The van der Waals surface area contributed by atoms with Crippen LogP contribution < -0.4 is 10.6 Å². The summed E-state index contributed by atoms with van der Waals surface area (Å²) in [4.78, 5) is 31.3. The third-order valence-electron chi connectivity index (χ3n) is 9.11. The number of carbonyl (C=O) groups is 2. The van der Waals surface area contributed by atoms with Crippen LogP contribution in [0.25, 0.3) is 0 Å². The summed E-state index contributed by atoms with van der Waals surface area (Å²) in [5.41, 5.74) is 3.15. The summed E-state index contributed by atoms with van der Waals surface area (Å²) in [6.45, 7) is 4.95. The van der Waals surface area contributed by atoms with E-state index in [9.17, 15) is 9.59 Å². The van der Waals surface area contributed by atoms with Gasteiger partial charge in [0.1, 0.15) is 18.1 Å². The molecule has 2 aliphatic rings. The smallest absolute Gasteiger partial charge is 0.232 e. The van der Waals surface area contributed by atoms with E-state index in [0.29, 0.717) is 12.8 Å². The number of nitrogens with zero attached hydrogens (tertiary/aromatic N) is 2. The number of likely N-dealkylation sites (tertiary alicyclic amines) is 1. The van der Waals surface area contributed by atoms with E-state index in [4.69, 9.17) is 9.47 Å². The average Bonchev–Trinajstić information content (AvgIpc) is 3.08. The summed E-state index contributed by atoms with van der Waals surface area (Å²) in [6.07, 6.45) is 12.1. The molecule has 0 aliphatic carbocycles. The van der Waals surface area contributed by atoms with Crippen LogP contribution in [0.1, 0.15) is 88.8 Å². The maximum Gasteiger partial charge on any atom is 0.232 e. The van der Waals surface area contributed by atoms with Crippen molar-refractivity contribution in [2.45, 2.75) is 96.3 Å². The number of allylic oxidation sites excluding steroid dienone is 2. The predicted octanol–water partition coefficient (Wildman–Crippen LogP) is 6.52. The quantitative estimate of drug-likeness (QED) is 0.0980. The van der Waals surface area contributed by atoms with E-state index in [1.807, 2.05) is 43.3 Å². The summed E-state index contributed by atoms with van der Waals surface area (Å²) in [5.74, 6) is 0.542. The molecule has 8 heteroatoms. The number of hydrogen-bond acceptors (Lipinski definition) is 7. The molecular weight excluding hydrogens is 576 g/mol. The number of likely N-dealkylation sites (N-methyl/N-ethyl adjacent to an activating group) is 1. The van der Waals surface area contributed by atoms with Gasteiger partial charge < -0.3 is 19.7 Å². The van der Waals surface area contributed by atoms with Crippen molar-refractivity contribution in [2.75, 3.05) is 27.8 Å². The van der Waals surface area contributed by atoms with Gasteiger partial charge in [-0.15, -0.1) is 0 Å². The van der Waals surface area contributed by atoms with Gasteiger partial charge >= 0.3 is 0 Å². The number of Topliss-reactive ketones (excluding diaryl/α,β-unsaturated/α-hetero) is 1. The first-order valence-electron chi connectivity index (χ1n) is 17.1. The van der Waals surface area contributed by atoms with Crippen LogP contribution in [0, 0.1) is 5.92 Å². The molecule has 0 saturated carbocycles. The maximum absolute atomic E-state index is 13.9. The highest BCUT2D eigenvalue weighted by Crippen LogP contribution is 2.37. The number of benzene rings is 2. The largest absolute Gasteiger partial charge is 0.362 e. The number of hydrogen-bond donors (Lipinski definition) is 2. The molecule has 46 heavy (non-hydrogen) atoms. The first kappa shape index (κ1) is 35.4. The Morgan fingerprint density at radius 3 is 2.15 bits per heavy atom. The van der Waals surface area contributed by atoms with E-state index >= 15 is 0 Å². The third-order valence-corrected chi connectivity index (χ3v) is 9.11. The fraction of sp³-hybridized carbons (Fsp3) is 0.526. The SMILES string of the molecule is CCCCCCCC(NC1=CC(C[C@H]2C(=O)N(C(NC(c3ccccc3)c3ccccc3)OC)C2C(=O)CCC)=CCN1C)OC. The Balaban J connectivity index is 1.49. The number of β-lactam (4-membered cyclic amide) rings is 1. The molecule has 0 aromatic heterocycles. The van der Waals surface area contributed by atoms with E-state index in [2.05, 4.69) is 65.9 Å². The molecule has 0 spiro atoms. The van der Waals surface area contributed by atoms with E-state index in [1.165, 1.54) is 25.7 Å². The van der Waals surface area contributed by atoms with Gasteiger partial charge in [0, 0.05) is 34.2 Å². The fourth-order valence-corrected chi connectivity index (χ4v) is 6.48. The van der Waals surface area contributed by atoms with Gasteiger partial charge in [0.05, 0.1) is 12.0 Å². The lowest BCUT2D eigenvalue weighted by Gasteiger charge is -2.50. The summed E-state index contributed by atoms with van der Waals surface area (Å²) in [5, 5.41) is 7.13. The molecular formula is C38H54N4O4. The number of amides is 1. The molecule has 8 nitrogen and oxygen atoms in total. The Kier molecular flexibility index (Phi) is 13.9. The van der Waals surface area contributed by atoms with E-state index < -0.39 is 18.3 Å². The standard InChI is InChI=1S/C38H54N4O4/c1-6-8-9-10-17-23-34(45-4)39-33-27-28(24-25-41(33)3)26-31-36(32(43)18-7-2)42(37(31)44)38(46-5)40-35(29-19-13-11-14-20-29)30-21-15-12-16-22-30/h11-16,19-22,24,27,31,34-36,38-40H,6-10,17-18,23,25-26H2,1-5H3/t31-,34?,36?,38?/m1/s1. The summed E-state index contributed by atoms with van der Waals surface area (Å²) in [6, 6.07) is 19.4. The molecule has 2 heterocycles. The molecule has 3 unspecified atom stereocenters. The van der Waals surface area contributed by atoms with E-state index in [1.54, 1.807) is 19.1 Å². The van der Waals surface area contributed by atoms with Crippen molar-refractivity contribution in [3.63, 3.8) is 0 Å². The number of nitrogens with one attached hydrogen (secondary N) is 2. The summed E-state index contributed by atoms with van der Waals surface area (Å²) in [7, 11) is 5.38. The predicted molar refractivity (Wildman–Crippen MR) is 183 cm³/mol. The van der Waals surface area contributed by atoms with Crippen LogP contribution >= 0.6 is 0 Å². The molecule has 4 rings (SSSR count). The van der Waals surface area contributed by atoms with Crippen molar-refractivity contribution in [1.29, 1.82) is 0 Å². The topological polar surface area (TPSA) is 83.1 Å². The number of methoxy groups -OCH3 is 2. The van der Waals surface area contributed by atoms with Crippen molar-refractivity contribution >= 4 is 11.7 Å². The Labute approximate surface area is 276 Å². The van der Waals surface area contributed by atoms with Crippen LogP contribution in [0.5, 0.6) is 0 Å². The van der Waals surface area contributed by atoms with Crippen LogP contribution in [-0.4, -0.2) is 67.9 Å². The molecule has 250 valence electrons. The van der Waals surface area contributed by atoms with Crippen molar-refractivity contribution < 1.29 is 19.1 Å². The molecule has 2 aromatic carbocycles. The highest BCUT2D eigenvalue weighted by Gasteiger charge is 2.54. The number of carbonyl (C=O) groups excluding carboxylic acids is 2. The monoisotopic (exact) mass is 630 g/mol. The van der Waals surface area contributed by atoms with E-state index in [-0.39, 0.29) is 24.0 Å². The van der Waals surface area contributed by atoms with Crippen LogP contribution in [-0.2, 0) is 19.1 Å². The van der Waals surface area contributed by atoms with Crippen LogP contribution in [0.15, 0.2) is 84.2 Å². The van der Waals surface area contributed by atoms with Crippen molar-refractivity contribution in [1.82, 2.24) is 20.4 Å². The zero-order valence-electron chi connectivity index (χ0n) is 28.4. The number of rotatable bonds is 20. The second kappa shape index (κ2) is 18.0. The first-order valence-corrected chi connectivity index (χ1v) is 17.1. The first-order chi connectivity index (χ1) is 22.4. The molecule has 2 aliphatic heterocycles. The highest BCUT2D eigenvalue weighted by atomic mass is 16.5. The molecule has 1 amide bonds. The van der Waals surface area contributed by atoms with Crippen LogP contribution in [0.2, 0.25) is 0 Å². The molecule has 1 fully saturated rings.